The van der Waals surface area contributed by atoms with Crippen molar-refractivity contribution >= 4 is 18.2 Å². The number of carbonyl (C=O) groups is 3. The zero-order valence-corrected chi connectivity index (χ0v) is 18.0. The maximum Gasteiger partial charge on any atom is 0.412 e. The molecule has 2 rings (SSSR count). The highest BCUT2D eigenvalue weighted by Gasteiger charge is 2.14. The van der Waals surface area contributed by atoms with Crippen LogP contribution in [0.4, 0.5) is 9.59 Å². The number of nitrogens with one attached hydrogen (secondary N) is 2. The van der Waals surface area contributed by atoms with E-state index in [2.05, 4.69) is 10.6 Å². The van der Waals surface area contributed by atoms with Crippen LogP contribution in [-0.2, 0) is 32.2 Å². The lowest BCUT2D eigenvalue weighted by Crippen LogP contribution is -2.29. The number of hydrogen-bond acceptors (Lipinski definition) is 6. The van der Waals surface area contributed by atoms with Gasteiger partial charge in [-0.25, -0.2) is 14.4 Å². The van der Waals surface area contributed by atoms with Crippen LogP contribution < -0.4 is 10.6 Å². The van der Waals surface area contributed by atoms with Gasteiger partial charge in [0.15, 0.2) is 0 Å². The molecule has 0 aliphatic carbocycles. The Labute approximate surface area is 187 Å². The lowest BCUT2D eigenvalue weighted by molar-refractivity contribution is -0.138. The minimum Gasteiger partial charge on any atom is -0.461 e. The molecule has 8 heteroatoms. The number of rotatable bonds is 11. The molecule has 2 aromatic rings. The first-order valence-electron chi connectivity index (χ1n) is 10.4. The lowest BCUT2D eigenvalue weighted by Gasteiger charge is -2.10. The lowest BCUT2D eigenvalue weighted by atomic mass is 10.2. The predicted molar refractivity (Wildman–Crippen MR) is 118 cm³/mol. The summed E-state index contributed by atoms with van der Waals surface area (Å²) in [6, 6.07) is 18.6. The van der Waals surface area contributed by atoms with Crippen molar-refractivity contribution in [3.8, 4) is 0 Å². The molecule has 8 nitrogen and oxygen atoms in total. The summed E-state index contributed by atoms with van der Waals surface area (Å²) in [4.78, 5) is 35.9. The van der Waals surface area contributed by atoms with E-state index in [9.17, 15) is 14.4 Å². The van der Waals surface area contributed by atoms with Crippen molar-refractivity contribution in [1.82, 2.24) is 10.6 Å². The van der Waals surface area contributed by atoms with Crippen molar-refractivity contribution in [2.24, 2.45) is 0 Å². The summed E-state index contributed by atoms with van der Waals surface area (Å²) >= 11 is 0. The first kappa shape index (κ1) is 24.5. The first-order chi connectivity index (χ1) is 15.6. The number of alkyl carbamates (subject to hydrolysis) is 2. The average Bonchev–Trinajstić information content (AvgIpc) is 2.82. The van der Waals surface area contributed by atoms with Crippen LogP contribution in [0.25, 0.3) is 0 Å². The van der Waals surface area contributed by atoms with Crippen LogP contribution in [0.1, 0.15) is 30.9 Å². The fraction of sp³-hybridized carbons (Fsp3) is 0.292. The molecule has 0 atom stereocenters. The number of benzene rings is 2. The van der Waals surface area contributed by atoms with Gasteiger partial charge in [-0.3, -0.25) is 5.32 Å². The molecular formula is C24H28N2O6. The Morgan fingerprint density at radius 1 is 0.812 bits per heavy atom. The van der Waals surface area contributed by atoms with Gasteiger partial charge in [0.25, 0.3) is 0 Å². The van der Waals surface area contributed by atoms with Crippen molar-refractivity contribution < 1.29 is 28.6 Å². The summed E-state index contributed by atoms with van der Waals surface area (Å²) in [5.41, 5.74) is 1.72. The Balaban J connectivity index is 1.73. The third kappa shape index (κ3) is 9.80. The van der Waals surface area contributed by atoms with E-state index < -0.39 is 18.2 Å². The van der Waals surface area contributed by atoms with E-state index in [4.69, 9.17) is 14.2 Å². The molecule has 0 radical (unpaired) electrons. The highest BCUT2D eigenvalue weighted by atomic mass is 16.6. The van der Waals surface area contributed by atoms with Gasteiger partial charge in [-0.05, 0) is 30.9 Å². The SMILES string of the molecule is CCOC(=O)/C(=C\CCCNC(=O)OCc1ccccc1)NC(=O)OCc1ccccc1. The average molecular weight is 440 g/mol. The highest BCUT2D eigenvalue weighted by molar-refractivity contribution is 5.92. The van der Waals surface area contributed by atoms with Gasteiger partial charge < -0.3 is 19.5 Å². The van der Waals surface area contributed by atoms with Crippen LogP contribution in [0.5, 0.6) is 0 Å². The molecule has 0 unspecified atom stereocenters. The smallest absolute Gasteiger partial charge is 0.412 e. The van der Waals surface area contributed by atoms with Crippen LogP contribution in [0, 0.1) is 0 Å². The Morgan fingerprint density at radius 3 is 1.94 bits per heavy atom. The molecule has 0 saturated carbocycles. The minimum absolute atomic E-state index is 0.00318. The molecule has 0 spiro atoms. The largest absolute Gasteiger partial charge is 0.461 e. The first-order valence-corrected chi connectivity index (χ1v) is 10.4. The number of ether oxygens (including phenoxy) is 3. The molecule has 0 aliphatic heterocycles. The molecular weight excluding hydrogens is 412 g/mol. The number of esters is 1. The summed E-state index contributed by atoms with van der Waals surface area (Å²) in [6.45, 7) is 2.46. The molecule has 0 bridgehead atoms. The Hall–Kier alpha value is -3.81. The van der Waals surface area contributed by atoms with E-state index in [0.29, 0.717) is 19.4 Å². The Bertz CT molecular complexity index is 884. The molecule has 0 heterocycles. The van der Waals surface area contributed by atoms with E-state index >= 15 is 0 Å². The van der Waals surface area contributed by atoms with Crippen LogP contribution in [0.15, 0.2) is 72.4 Å². The van der Waals surface area contributed by atoms with Gasteiger partial charge in [-0.1, -0.05) is 66.7 Å². The summed E-state index contributed by atoms with van der Waals surface area (Å²) in [5, 5.41) is 5.07. The number of amides is 2. The summed E-state index contributed by atoms with van der Waals surface area (Å²) in [6.07, 6.45) is 1.22. The van der Waals surface area contributed by atoms with E-state index in [-0.39, 0.29) is 25.5 Å². The van der Waals surface area contributed by atoms with Gasteiger partial charge in [0, 0.05) is 6.54 Å². The molecule has 2 aromatic carbocycles. The van der Waals surface area contributed by atoms with Gasteiger partial charge in [-0.15, -0.1) is 0 Å². The normalized spacial score (nSPS) is 10.7. The van der Waals surface area contributed by atoms with Gasteiger partial charge in [0.1, 0.15) is 18.9 Å². The minimum atomic E-state index is -0.754. The highest BCUT2D eigenvalue weighted by Crippen LogP contribution is 2.04. The monoisotopic (exact) mass is 440 g/mol. The van der Waals surface area contributed by atoms with Gasteiger partial charge >= 0.3 is 18.2 Å². The third-order valence-electron chi connectivity index (χ3n) is 4.16. The maximum atomic E-state index is 12.1. The fourth-order valence-corrected chi connectivity index (χ4v) is 2.58. The van der Waals surface area contributed by atoms with Gasteiger partial charge in [0.2, 0.25) is 0 Å². The molecule has 2 amide bonds. The van der Waals surface area contributed by atoms with E-state index in [0.717, 1.165) is 11.1 Å². The fourth-order valence-electron chi connectivity index (χ4n) is 2.58. The van der Waals surface area contributed by atoms with Crippen LogP contribution >= 0.6 is 0 Å². The van der Waals surface area contributed by atoms with Gasteiger partial charge in [0.05, 0.1) is 6.61 Å². The molecule has 0 fully saturated rings. The van der Waals surface area contributed by atoms with Crippen LogP contribution in [0.2, 0.25) is 0 Å². The second kappa shape index (κ2) is 14.2. The molecule has 0 saturated heterocycles. The molecule has 0 aromatic heterocycles. The second-order valence-corrected chi connectivity index (χ2v) is 6.66. The summed E-state index contributed by atoms with van der Waals surface area (Å²) in [5.74, 6) is -0.653. The summed E-state index contributed by atoms with van der Waals surface area (Å²) in [7, 11) is 0. The summed E-state index contributed by atoms with van der Waals surface area (Å²) < 4.78 is 15.2. The number of carbonyl (C=O) groups excluding carboxylic acids is 3. The topological polar surface area (TPSA) is 103 Å². The van der Waals surface area contributed by atoms with Crippen molar-refractivity contribution in [2.45, 2.75) is 33.0 Å². The molecule has 32 heavy (non-hydrogen) atoms. The zero-order valence-electron chi connectivity index (χ0n) is 18.0. The van der Waals surface area contributed by atoms with E-state index in [1.165, 1.54) is 0 Å². The van der Waals surface area contributed by atoms with Crippen molar-refractivity contribution in [1.29, 1.82) is 0 Å². The molecule has 0 aliphatic rings. The van der Waals surface area contributed by atoms with E-state index in [1.807, 2.05) is 60.7 Å². The second-order valence-electron chi connectivity index (χ2n) is 6.66. The predicted octanol–water partition coefficient (Wildman–Crippen LogP) is 4.07. The number of allylic oxidation sites excluding steroid dienone is 1. The number of hydrogen-bond donors (Lipinski definition) is 2. The number of unbranched alkanes of at least 4 members (excludes halogenated alkanes) is 1. The van der Waals surface area contributed by atoms with Gasteiger partial charge in [-0.2, -0.15) is 0 Å². The van der Waals surface area contributed by atoms with Crippen LogP contribution in [-0.4, -0.2) is 31.3 Å². The van der Waals surface area contributed by atoms with Crippen molar-refractivity contribution in [3.05, 3.63) is 83.6 Å². The third-order valence-corrected chi connectivity index (χ3v) is 4.16. The molecule has 170 valence electrons. The Kier molecular flexibility index (Phi) is 10.9. The zero-order chi connectivity index (χ0) is 23.0. The Morgan fingerprint density at radius 2 is 1.38 bits per heavy atom. The van der Waals surface area contributed by atoms with Crippen molar-refractivity contribution in [2.75, 3.05) is 13.2 Å². The quantitative estimate of drug-likeness (QED) is 0.236. The maximum absolute atomic E-state index is 12.1. The molecule has 2 N–H and O–H groups in total. The van der Waals surface area contributed by atoms with E-state index in [1.54, 1.807) is 13.0 Å². The standard InChI is InChI=1S/C24H28N2O6/c1-2-30-22(27)21(26-24(29)32-18-20-13-7-4-8-14-20)15-9-10-16-25-23(28)31-17-19-11-5-3-6-12-19/h3-8,11-15H,2,9-10,16-18H2,1H3,(H,25,28)(H,26,29)/b21-15+. The van der Waals surface area contributed by atoms with Crippen molar-refractivity contribution in [3.63, 3.8) is 0 Å². The van der Waals surface area contributed by atoms with Crippen LogP contribution in [0.3, 0.4) is 0 Å².